The van der Waals surface area contributed by atoms with Crippen LogP contribution >= 0.6 is 0 Å². The number of ether oxygens (including phenoxy) is 1. The summed E-state index contributed by atoms with van der Waals surface area (Å²) >= 11 is 0. The summed E-state index contributed by atoms with van der Waals surface area (Å²) in [5.74, 6) is 1.03. The predicted octanol–water partition coefficient (Wildman–Crippen LogP) is 3.27. The van der Waals surface area contributed by atoms with Crippen molar-refractivity contribution in [2.24, 2.45) is 0 Å². The Morgan fingerprint density at radius 1 is 1.00 bits per heavy atom. The minimum atomic E-state index is 0.226. The average molecular weight is 302 g/mol. The minimum absolute atomic E-state index is 0.226. The zero-order valence-electron chi connectivity index (χ0n) is 12.5. The number of nitrogens with zero attached hydrogens (tertiary/aromatic N) is 3. The first-order valence-corrected chi connectivity index (χ1v) is 6.98. The predicted molar refractivity (Wildman–Crippen MR) is 88.6 cm³/mol. The maximum absolute atomic E-state index is 9.24. The van der Waals surface area contributed by atoms with Crippen LogP contribution in [0.25, 0.3) is 22.4 Å². The molecule has 0 bridgehead atoms. The molecule has 23 heavy (non-hydrogen) atoms. The van der Waals surface area contributed by atoms with Crippen molar-refractivity contribution in [1.82, 2.24) is 9.97 Å². The van der Waals surface area contributed by atoms with Gasteiger partial charge >= 0.3 is 0 Å². The molecule has 2 N–H and O–H groups in total. The summed E-state index contributed by atoms with van der Waals surface area (Å²) in [4.78, 5) is 8.42. The van der Waals surface area contributed by atoms with Gasteiger partial charge in [-0.3, -0.25) is 4.98 Å². The topological polar surface area (TPSA) is 84.8 Å². The maximum atomic E-state index is 9.24. The first-order valence-electron chi connectivity index (χ1n) is 6.98. The molecule has 0 aliphatic heterocycles. The van der Waals surface area contributed by atoms with Gasteiger partial charge in [-0.1, -0.05) is 6.07 Å². The number of anilines is 1. The van der Waals surface area contributed by atoms with Crippen molar-refractivity contribution < 1.29 is 4.74 Å². The van der Waals surface area contributed by atoms with Gasteiger partial charge in [0.25, 0.3) is 0 Å². The highest BCUT2D eigenvalue weighted by molar-refractivity contribution is 5.75. The van der Waals surface area contributed by atoms with Crippen LogP contribution in [-0.4, -0.2) is 17.1 Å². The number of nitrogen functional groups attached to an aromatic ring is 1. The Morgan fingerprint density at radius 3 is 2.35 bits per heavy atom. The summed E-state index contributed by atoms with van der Waals surface area (Å²) in [5, 5.41) is 9.24. The first kappa shape index (κ1) is 14.5. The van der Waals surface area contributed by atoms with Crippen LogP contribution in [0.3, 0.4) is 0 Å². The Bertz CT molecular complexity index is 865. The van der Waals surface area contributed by atoms with Crippen LogP contribution < -0.4 is 10.5 Å². The van der Waals surface area contributed by atoms with Crippen molar-refractivity contribution in [3.63, 3.8) is 0 Å². The largest absolute Gasteiger partial charge is 0.497 e. The van der Waals surface area contributed by atoms with Crippen molar-refractivity contribution in [3.8, 4) is 34.2 Å². The molecule has 3 rings (SSSR count). The fourth-order valence-corrected chi connectivity index (χ4v) is 2.32. The van der Waals surface area contributed by atoms with Gasteiger partial charge in [0.2, 0.25) is 0 Å². The normalized spacial score (nSPS) is 10.1. The number of nitrogens with two attached hydrogens (primary N) is 1. The molecule has 3 aromatic rings. The van der Waals surface area contributed by atoms with Crippen molar-refractivity contribution in [2.45, 2.75) is 0 Å². The summed E-state index contributed by atoms with van der Waals surface area (Å²) in [7, 11) is 1.63. The van der Waals surface area contributed by atoms with Gasteiger partial charge in [-0.25, -0.2) is 4.98 Å². The van der Waals surface area contributed by atoms with E-state index in [-0.39, 0.29) is 5.82 Å². The Balaban J connectivity index is 1.96. The maximum Gasteiger partial charge on any atom is 0.141 e. The van der Waals surface area contributed by atoms with Crippen LogP contribution in [0.4, 0.5) is 5.82 Å². The van der Waals surface area contributed by atoms with Crippen LogP contribution in [0.5, 0.6) is 5.75 Å². The Morgan fingerprint density at radius 2 is 1.74 bits per heavy atom. The number of nitriles is 1. The highest BCUT2D eigenvalue weighted by atomic mass is 16.5. The van der Waals surface area contributed by atoms with Crippen LogP contribution in [0.1, 0.15) is 5.56 Å². The van der Waals surface area contributed by atoms with Crippen molar-refractivity contribution in [1.29, 1.82) is 5.26 Å². The standard InChI is InChI=1S/C18H14N4O/c1-23-14-5-2-12(3-6-14)17-7-4-13(11-22-17)15-8-9-21-18(20)16(15)10-19/h2-9,11H,1H3,(H2,20,21). The minimum Gasteiger partial charge on any atom is -0.497 e. The lowest BCUT2D eigenvalue weighted by atomic mass is 10.0. The van der Waals surface area contributed by atoms with Gasteiger partial charge in [0.1, 0.15) is 23.2 Å². The molecule has 112 valence electrons. The number of hydrogen-bond donors (Lipinski definition) is 1. The third kappa shape index (κ3) is 2.83. The zero-order chi connectivity index (χ0) is 16.2. The first-order chi connectivity index (χ1) is 11.2. The van der Waals surface area contributed by atoms with E-state index in [1.165, 1.54) is 0 Å². The van der Waals surface area contributed by atoms with Crippen LogP contribution in [0, 0.1) is 11.3 Å². The summed E-state index contributed by atoms with van der Waals surface area (Å²) in [5.41, 5.74) is 9.51. The lowest BCUT2D eigenvalue weighted by molar-refractivity contribution is 0.415. The third-order valence-corrected chi connectivity index (χ3v) is 3.55. The molecule has 0 amide bonds. The van der Waals surface area contributed by atoms with Crippen LogP contribution in [-0.2, 0) is 0 Å². The van der Waals surface area contributed by atoms with Gasteiger partial charge in [0, 0.05) is 29.1 Å². The van der Waals surface area contributed by atoms with E-state index in [1.807, 2.05) is 36.4 Å². The molecule has 0 aliphatic rings. The summed E-state index contributed by atoms with van der Waals surface area (Å²) in [6.07, 6.45) is 3.32. The second-order valence-electron chi connectivity index (χ2n) is 4.89. The Hall–Kier alpha value is -3.39. The highest BCUT2D eigenvalue weighted by Gasteiger charge is 2.09. The molecular weight excluding hydrogens is 288 g/mol. The monoisotopic (exact) mass is 302 g/mol. The molecule has 0 saturated heterocycles. The van der Waals surface area contributed by atoms with Crippen LogP contribution in [0.15, 0.2) is 54.9 Å². The molecule has 2 heterocycles. The Kier molecular flexibility index (Phi) is 3.89. The molecule has 0 aliphatic carbocycles. The lowest BCUT2D eigenvalue weighted by Gasteiger charge is -2.07. The third-order valence-electron chi connectivity index (χ3n) is 3.55. The van der Waals surface area contributed by atoms with E-state index >= 15 is 0 Å². The molecule has 2 aromatic heterocycles. The number of pyridine rings is 2. The van der Waals surface area contributed by atoms with E-state index in [9.17, 15) is 5.26 Å². The smallest absolute Gasteiger partial charge is 0.141 e. The number of methoxy groups -OCH3 is 1. The van der Waals surface area contributed by atoms with E-state index in [0.29, 0.717) is 5.56 Å². The molecular formula is C18H14N4O. The van der Waals surface area contributed by atoms with E-state index in [2.05, 4.69) is 16.0 Å². The van der Waals surface area contributed by atoms with Gasteiger partial charge in [-0.05, 0) is 36.4 Å². The quantitative estimate of drug-likeness (QED) is 0.802. The fourth-order valence-electron chi connectivity index (χ4n) is 2.32. The highest BCUT2D eigenvalue weighted by Crippen LogP contribution is 2.27. The van der Waals surface area contributed by atoms with Gasteiger partial charge in [0.05, 0.1) is 12.8 Å². The van der Waals surface area contributed by atoms with Gasteiger partial charge in [-0.2, -0.15) is 5.26 Å². The summed E-state index contributed by atoms with van der Waals surface area (Å²) in [6, 6.07) is 15.4. The number of hydrogen-bond acceptors (Lipinski definition) is 5. The fraction of sp³-hybridized carbons (Fsp3) is 0.0556. The molecule has 0 atom stereocenters. The molecule has 5 heteroatoms. The molecule has 0 fully saturated rings. The molecule has 5 nitrogen and oxygen atoms in total. The van der Waals surface area contributed by atoms with Crippen LogP contribution in [0.2, 0.25) is 0 Å². The van der Waals surface area contributed by atoms with Crippen molar-refractivity contribution in [3.05, 3.63) is 60.4 Å². The average Bonchev–Trinajstić information content (AvgIpc) is 2.62. The van der Waals surface area contributed by atoms with E-state index in [4.69, 9.17) is 10.5 Å². The number of rotatable bonds is 3. The van der Waals surface area contributed by atoms with E-state index in [1.54, 1.807) is 25.6 Å². The molecule has 1 aromatic carbocycles. The van der Waals surface area contributed by atoms with E-state index in [0.717, 1.165) is 28.1 Å². The van der Waals surface area contributed by atoms with Gasteiger partial charge < -0.3 is 10.5 Å². The zero-order valence-corrected chi connectivity index (χ0v) is 12.5. The molecule has 0 unspecified atom stereocenters. The summed E-state index contributed by atoms with van der Waals surface area (Å²) in [6.45, 7) is 0. The van der Waals surface area contributed by atoms with Crippen molar-refractivity contribution >= 4 is 5.82 Å². The van der Waals surface area contributed by atoms with Gasteiger partial charge in [0.15, 0.2) is 0 Å². The second kappa shape index (κ2) is 6.16. The second-order valence-corrected chi connectivity index (χ2v) is 4.89. The Labute approximate surface area is 134 Å². The molecule has 0 spiro atoms. The SMILES string of the molecule is COc1ccc(-c2ccc(-c3ccnc(N)c3C#N)cn2)cc1. The molecule has 0 radical (unpaired) electrons. The lowest BCUT2D eigenvalue weighted by Crippen LogP contribution is -1.97. The van der Waals surface area contributed by atoms with E-state index < -0.39 is 0 Å². The number of aromatic nitrogens is 2. The number of benzene rings is 1. The molecule has 0 saturated carbocycles. The van der Waals surface area contributed by atoms with Gasteiger partial charge in [-0.15, -0.1) is 0 Å². The summed E-state index contributed by atoms with van der Waals surface area (Å²) < 4.78 is 5.15. The van der Waals surface area contributed by atoms with Crippen molar-refractivity contribution in [2.75, 3.05) is 12.8 Å².